The highest BCUT2D eigenvalue weighted by molar-refractivity contribution is 6.63. The Hall–Kier alpha value is -1.80. The van der Waals surface area contributed by atoms with Crippen LogP contribution in [0.2, 0.25) is 0 Å². The average molecular weight is 289 g/mol. The van der Waals surface area contributed by atoms with Gasteiger partial charge in [-0.25, -0.2) is 0 Å². The lowest BCUT2D eigenvalue weighted by Crippen LogP contribution is -2.12. The molecule has 0 amide bonds. The quantitative estimate of drug-likeness (QED) is 0.752. The number of carbonyl (C=O) groups excluding carboxylic acids is 1. The minimum Gasteiger partial charge on any atom is -0.489 e. The molecule has 0 N–H and O–H groups in total. The number of ether oxygens (including phenoxy) is 1. The maximum atomic E-state index is 11.1. The zero-order chi connectivity index (χ0) is 14.4. The van der Waals surface area contributed by atoms with Crippen LogP contribution in [0.1, 0.15) is 18.9 Å². The summed E-state index contributed by atoms with van der Waals surface area (Å²) in [6.45, 7) is 2.49. The van der Waals surface area contributed by atoms with Gasteiger partial charge in [0, 0.05) is 11.8 Å². The lowest BCUT2D eigenvalue weighted by atomic mass is 9.87. The largest absolute Gasteiger partial charge is 0.489 e. The van der Waals surface area contributed by atoms with Crippen LogP contribution in [0.4, 0.5) is 0 Å². The first kappa shape index (κ1) is 14.6. The molecule has 1 aliphatic rings. The van der Waals surface area contributed by atoms with Gasteiger partial charge in [0.1, 0.15) is 12.4 Å². The summed E-state index contributed by atoms with van der Waals surface area (Å²) in [5.41, 5.74) is 0.765. The molecule has 2 nitrogen and oxygen atoms in total. The van der Waals surface area contributed by atoms with E-state index in [0.717, 1.165) is 11.3 Å². The molecule has 1 aliphatic carbocycles. The van der Waals surface area contributed by atoms with Gasteiger partial charge in [-0.2, -0.15) is 0 Å². The van der Waals surface area contributed by atoms with Crippen molar-refractivity contribution >= 4 is 16.8 Å². The predicted octanol–water partition coefficient (Wildman–Crippen LogP) is 4.37. The van der Waals surface area contributed by atoms with E-state index >= 15 is 0 Å². The summed E-state index contributed by atoms with van der Waals surface area (Å²) >= 11 is 5.48. The number of hydrogen-bond donors (Lipinski definition) is 0. The van der Waals surface area contributed by atoms with Crippen LogP contribution in [0.25, 0.3) is 0 Å². The molecule has 0 spiro atoms. The third-order valence-electron chi connectivity index (χ3n) is 3.13. The van der Waals surface area contributed by atoms with Crippen molar-refractivity contribution < 1.29 is 9.53 Å². The summed E-state index contributed by atoms with van der Waals surface area (Å²) in [6.07, 6.45) is 9.88. The zero-order valence-corrected chi connectivity index (χ0v) is 12.1. The van der Waals surface area contributed by atoms with E-state index in [9.17, 15) is 4.79 Å². The minimum atomic E-state index is -0.354. The second-order valence-corrected chi connectivity index (χ2v) is 5.50. The molecular formula is C17H17ClO2. The van der Waals surface area contributed by atoms with Gasteiger partial charge < -0.3 is 4.74 Å². The van der Waals surface area contributed by atoms with Gasteiger partial charge in [0.05, 0.1) is 0 Å². The Morgan fingerprint density at radius 3 is 2.70 bits per heavy atom. The van der Waals surface area contributed by atoms with Crippen molar-refractivity contribution in [3.63, 3.8) is 0 Å². The molecule has 1 aromatic carbocycles. The van der Waals surface area contributed by atoms with Gasteiger partial charge in [0.2, 0.25) is 5.24 Å². The molecule has 1 unspecified atom stereocenters. The molecule has 1 atom stereocenters. The van der Waals surface area contributed by atoms with Gasteiger partial charge >= 0.3 is 0 Å². The minimum absolute atomic E-state index is 0.279. The summed E-state index contributed by atoms with van der Waals surface area (Å²) in [5, 5.41) is -0.338. The monoisotopic (exact) mass is 288 g/mol. The molecule has 2 rings (SSSR count). The van der Waals surface area contributed by atoms with E-state index in [2.05, 4.69) is 0 Å². The van der Waals surface area contributed by atoms with Crippen LogP contribution in [0, 0.1) is 5.41 Å². The molecule has 0 heterocycles. The average Bonchev–Trinajstić information content (AvgIpc) is 2.59. The molecule has 3 heteroatoms. The highest BCUT2D eigenvalue weighted by Crippen LogP contribution is 2.29. The van der Waals surface area contributed by atoms with Crippen molar-refractivity contribution in [3.05, 3.63) is 72.0 Å². The lowest BCUT2D eigenvalue weighted by molar-refractivity contribution is -0.112. The third kappa shape index (κ3) is 4.39. The Morgan fingerprint density at radius 1 is 1.25 bits per heavy atom. The fourth-order valence-electron chi connectivity index (χ4n) is 2.00. The molecule has 0 fully saturated rings. The van der Waals surface area contributed by atoms with Crippen LogP contribution in [-0.2, 0) is 16.1 Å². The van der Waals surface area contributed by atoms with Crippen LogP contribution >= 0.6 is 11.6 Å². The first-order valence-corrected chi connectivity index (χ1v) is 6.89. The third-order valence-corrected chi connectivity index (χ3v) is 3.27. The van der Waals surface area contributed by atoms with E-state index in [1.807, 2.05) is 67.6 Å². The number of benzene rings is 1. The van der Waals surface area contributed by atoms with Crippen LogP contribution in [0.5, 0.6) is 0 Å². The molecule has 20 heavy (non-hydrogen) atoms. The van der Waals surface area contributed by atoms with Crippen molar-refractivity contribution in [3.8, 4) is 0 Å². The molecular weight excluding hydrogens is 272 g/mol. The highest BCUT2D eigenvalue weighted by atomic mass is 35.5. The van der Waals surface area contributed by atoms with E-state index in [1.165, 1.54) is 0 Å². The van der Waals surface area contributed by atoms with Crippen molar-refractivity contribution in [2.45, 2.75) is 20.0 Å². The second kappa shape index (κ2) is 6.58. The SMILES string of the molecule is CC1(CC(=O)Cl)C=CC=C(OCc2ccccc2)C=C1. The molecule has 104 valence electrons. The number of allylic oxidation sites excluding steroid dienone is 5. The summed E-state index contributed by atoms with van der Waals surface area (Å²) < 4.78 is 5.75. The standard InChI is InChI=1S/C17H17ClO2/c1-17(12-16(18)19)10-5-8-15(9-11-17)20-13-14-6-3-2-4-7-14/h2-11H,12-13H2,1H3. The highest BCUT2D eigenvalue weighted by Gasteiger charge is 2.21. The topological polar surface area (TPSA) is 26.3 Å². The molecule has 0 radical (unpaired) electrons. The lowest BCUT2D eigenvalue weighted by Gasteiger charge is -2.18. The maximum absolute atomic E-state index is 11.1. The van der Waals surface area contributed by atoms with Crippen LogP contribution < -0.4 is 0 Å². The van der Waals surface area contributed by atoms with E-state index in [-0.39, 0.29) is 17.1 Å². The van der Waals surface area contributed by atoms with Crippen molar-refractivity contribution in [1.82, 2.24) is 0 Å². The van der Waals surface area contributed by atoms with Crippen molar-refractivity contribution in [2.24, 2.45) is 5.41 Å². The molecule has 0 saturated carbocycles. The number of rotatable bonds is 5. The van der Waals surface area contributed by atoms with E-state index in [4.69, 9.17) is 16.3 Å². The van der Waals surface area contributed by atoms with E-state index < -0.39 is 0 Å². The zero-order valence-electron chi connectivity index (χ0n) is 11.4. The Bertz CT molecular complexity index is 558. The Kier molecular flexibility index (Phi) is 4.80. The number of hydrogen-bond acceptors (Lipinski definition) is 2. The fraction of sp³-hybridized carbons (Fsp3) is 0.235. The van der Waals surface area contributed by atoms with Gasteiger partial charge in [-0.1, -0.05) is 55.5 Å². The Morgan fingerprint density at radius 2 is 2.00 bits per heavy atom. The Labute approximate surface area is 124 Å². The van der Waals surface area contributed by atoms with Gasteiger partial charge in [-0.3, -0.25) is 4.79 Å². The fourth-order valence-corrected chi connectivity index (χ4v) is 2.29. The second-order valence-electron chi connectivity index (χ2n) is 5.07. The smallest absolute Gasteiger partial charge is 0.222 e. The first-order chi connectivity index (χ1) is 9.57. The van der Waals surface area contributed by atoms with Crippen LogP contribution in [0.3, 0.4) is 0 Å². The van der Waals surface area contributed by atoms with Crippen molar-refractivity contribution in [1.29, 1.82) is 0 Å². The normalized spacial score (nSPS) is 21.2. The maximum Gasteiger partial charge on any atom is 0.222 e. The molecule has 1 aromatic rings. The number of carbonyl (C=O) groups is 1. The molecule has 0 saturated heterocycles. The van der Waals surface area contributed by atoms with Gasteiger partial charge in [0.25, 0.3) is 0 Å². The molecule has 0 bridgehead atoms. The summed E-state index contributed by atoms with van der Waals surface area (Å²) in [7, 11) is 0. The van der Waals surface area contributed by atoms with E-state index in [0.29, 0.717) is 6.61 Å². The first-order valence-electron chi connectivity index (χ1n) is 6.51. The van der Waals surface area contributed by atoms with Gasteiger partial charge in [-0.15, -0.1) is 0 Å². The van der Waals surface area contributed by atoms with Crippen LogP contribution in [0.15, 0.2) is 66.5 Å². The summed E-state index contributed by atoms with van der Waals surface area (Å²) in [6, 6.07) is 9.99. The summed E-state index contributed by atoms with van der Waals surface area (Å²) in [5.74, 6) is 0.774. The predicted molar refractivity (Wildman–Crippen MR) is 81.2 cm³/mol. The summed E-state index contributed by atoms with van der Waals surface area (Å²) in [4.78, 5) is 11.1. The van der Waals surface area contributed by atoms with Crippen LogP contribution in [-0.4, -0.2) is 5.24 Å². The molecule has 0 aromatic heterocycles. The molecule has 0 aliphatic heterocycles. The van der Waals surface area contributed by atoms with E-state index in [1.54, 1.807) is 0 Å². The number of halogens is 1. The van der Waals surface area contributed by atoms with Gasteiger partial charge in [0.15, 0.2) is 0 Å². The van der Waals surface area contributed by atoms with Gasteiger partial charge in [-0.05, 0) is 29.3 Å². The van der Waals surface area contributed by atoms with Crippen molar-refractivity contribution in [2.75, 3.05) is 0 Å². The Balaban J connectivity index is 1.98.